The Bertz CT molecular complexity index is 328. The van der Waals surface area contributed by atoms with E-state index in [-0.39, 0.29) is 6.04 Å². The van der Waals surface area contributed by atoms with Crippen LogP contribution in [0.3, 0.4) is 0 Å². The Hall–Kier alpha value is -0.900. The highest BCUT2D eigenvalue weighted by Crippen LogP contribution is 2.12. The second kappa shape index (κ2) is 7.43. The maximum atomic E-state index is 6.19. The summed E-state index contributed by atoms with van der Waals surface area (Å²) in [4.78, 5) is 2.21. The van der Waals surface area contributed by atoms with Gasteiger partial charge in [-0.3, -0.25) is 0 Å². The second-order valence-electron chi connectivity index (χ2n) is 4.48. The molecule has 0 bridgehead atoms. The summed E-state index contributed by atoms with van der Waals surface area (Å²) in [6.07, 6.45) is 0. The standard InChI is InChI=1S/C14H24N2O/c1-4-17-9-8-16(3)11-14(15)13-7-5-6-12(2)10-13/h5-7,10,14H,4,8-9,11,15H2,1-3H3. The molecule has 1 unspecified atom stereocenters. The van der Waals surface area contributed by atoms with Crippen LogP contribution in [0.25, 0.3) is 0 Å². The summed E-state index contributed by atoms with van der Waals surface area (Å²) in [6, 6.07) is 8.47. The average molecular weight is 236 g/mol. The molecule has 3 nitrogen and oxygen atoms in total. The number of rotatable bonds is 7. The van der Waals surface area contributed by atoms with Crippen LogP contribution >= 0.6 is 0 Å². The van der Waals surface area contributed by atoms with Crippen LogP contribution in [0.5, 0.6) is 0 Å². The zero-order valence-corrected chi connectivity index (χ0v) is 11.1. The van der Waals surface area contributed by atoms with Crippen LogP contribution in [-0.2, 0) is 4.74 Å². The molecule has 1 aromatic carbocycles. The van der Waals surface area contributed by atoms with Crippen molar-refractivity contribution in [1.82, 2.24) is 4.90 Å². The third-order valence-electron chi connectivity index (χ3n) is 2.80. The van der Waals surface area contributed by atoms with Gasteiger partial charge in [-0.25, -0.2) is 0 Å². The van der Waals surface area contributed by atoms with Crippen LogP contribution in [0, 0.1) is 6.92 Å². The first-order valence-corrected chi connectivity index (χ1v) is 6.22. The molecule has 0 heterocycles. The summed E-state index contributed by atoms with van der Waals surface area (Å²) in [6.45, 7) is 7.43. The molecule has 0 aliphatic heterocycles. The third kappa shape index (κ3) is 5.31. The molecule has 0 aliphatic carbocycles. The van der Waals surface area contributed by atoms with Crippen LogP contribution in [0.1, 0.15) is 24.1 Å². The number of benzene rings is 1. The molecular weight excluding hydrogens is 212 g/mol. The Morgan fingerprint density at radius 1 is 1.41 bits per heavy atom. The van der Waals surface area contributed by atoms with Crippen LogP contribution in [0.4, 0.5) is 0 Å². The van der Waals surface area contributed by atoms with Gasteiger partial charge in [-0.05, 0) is 26.5 Å². The Balaban J connectivity index is 2.40. The molecule has 3 heteroatoms. The van der Waals surface area contributed by atoms with Crippen molar-refractivity contribution >= 4 is 0 Å². The van der Waals surface area contributed by atoms with Gasteiger partial charge >= 0.3 is 0 Å². The Morgan fingerprint density at radius 2 is 2.18 bits per heavy atom. The van der Waals surface area contributed by atoms with Gasteiger partial charge in [-0.2, -0.15) is 0 Å². The lowest BCUT2D eigenvalue weighted by Crippen LogP contribution is -2.31. The number of nitrogens with zero attached hydrogens (tertiary/aromatic N) is 1. The van der Waals surface area contributed by atoms with Crippen LogP contribution in [0.15, 0.2) is 24.3 Å². The SMILES string of the molecule is CCOCCN(C)CC(N)c1cccc(C)c1. The summed E-state index contributed by atoms with van der Waals surface area (Å²) >= 11 is 0. The fourth-order valence-corrected chi connectivity index (χ4v) is 1.80. The van der Waals surface area contributed by atoms with E-state index < -0.39 is 0 Å². The lowest BCUT2D eigenvalue weighted by molar-refractivity contribution is 0.120. The molecule has 0 fully saturated rings. The molecule has 0 radical (unpaired) electrons. The van der Waals surface area contributed by atoms with Gasteiger partial charge in [0, 0.05) is 25.7 Å². The van der Waals surface area contributed by atoms with Crippen molar-refractivity contribution in [3.8, 4) is 0 Å². The van der Waals surface area contributed by atoms with E-state index >= 15 is 0 Å². The van der Waals surface area contributed by atoms with Crippen LogP contribution in [0.2, 0.25) is 0 Å². The first-order chi connectivity index (χ1) is 8.13. The van der Waals surface area contributed by atoms with Crippen molar-refractivity contribution in [3.63, 3.8) is 0 Å². The molecule has 96 valence electrons. The van der Waals surface area contributed by atoms with Gasteiger partial charge < -0.3 is 15.4 Å². The lowest BCUT2D eigenvalue weighted by atomic mass is 10.0. The molecule has 2 N–H and O–H groups in total. The van der Waals surface area contributed by atoms with Gasteiger partial charge in [0.25, 0.3) is 0 Å². The monoisotopic (exact) mass is 236 g/mol. The number of hydrogen-bond acceptors (Lipinski definition) is 3. The largest absolute Gasteiger partial charge is 0.380 e. The lowest BCUT2D eigenvalue weighted by Gasteiger charge is -2.21. The minimum absolute atomic E-state index is 0.0709. The fraction of sp³-hybridized carbons (Fsp3) is 0.571. The van der Waals surface area contributed by atoms with Crippen LogP contribution < -0.4 is 5.73 Å². The number of hydrogen-bond donors (Lipinski definition) is 1. The van der Waals surface area contributed by atoms with Crippen molar-refractivity contribution < 1.29 is 4.74 Å². The molecule has 0 saturated heterocycles. The molecule has 1 atom stereocenters. The molecule has 0 aromatic heterocycles. The van der Waals surface area contributed by atoms with E-state index in [1.165, 1.54) is 11.1 Å². The normalized spacial score (nSPS) is 13.0. The van der Waals surface area contributed by atoms with E-state index in [2.05, 4.69) is 43.1 Å². The van der Waals surface area contributed by atoms with Gasteiger partial charge in [0.2, 0.25) is 0 Å². The first-order valence-electron chi connectivity index (χ1n) is 6.22. The molecule has 0 amide bonds. The summed E-state index contributed by atoms with van der Waals surface area (Å²) in [5, 5.41) is 0. The van der Waals surface area contributed by atoms with Gasteiger partial charge in [-0.15, -0.1) is 0 Å². The minimum Gasteiger partial charge on any atom is -0.380 e. The third-order valence-corrected chi connectivity index (χ3v) is 2.80. The highest BCUT2D eigenvalue weighted by molar-refractivity contribution is 5.24. The number of ether oxygens (including phenoxy) is 1. The summed E-state index contributed by atoms with van der Waals surface area (Å²) < 4.78 is 5.33. The van der Waals surface area contributed by atoms with Crippen molar-refractivity contribution in [2.24, 2.45) is 5.73 Å². The molecule has 0 saturated carbocycles. The van der Waals surface area contributed by atoms with Gasteiger partial charge in [0.1, 0.15) is 0 Å². The van der Waals surface area contributed by atoms with Gasteiger partial charge in [0.05, 0.1) is 6.61 Å². The summed E-state index contributed by atoms with van der Waals surface area (Å²) in [7, 11) is 2.08. The molecule has 17 heavy (non-hydrogen) atoms. The predicted octanol–water partition coefficient (Wildman–Crippen LogP) is 1.96. The molecule has 0 aliphatic rings. The molecule has 1 rings (SSSR count). The van der Waals surface area contributed by atoms with Crippen LogP contribution in [-0.4, -0.2) is 38.3 Å². The first kappa shape index (κ1) is 14.2. The minimum atomic E-state index is 0.0709. The van der Waals surface area contributed by atoms with Gasteiger partial charge in [-0.1, -0.05) is 29.8 Å². The van der Waals surface area contributed by atoms with Crippen molar-refractivity contribution in [1.29, 1.82) is 0 Å². The van der Waals surface area contributed by atoms with E-state index in [4.69, 9.17) is 10.5 Å². The van der Waals surface area contributed by atoms with E-state index in [1.807, 2.05) is 6.92 Å². The van der Waals surface area contributed by atoms with Crippen molar-refractivity contribution in [2.45, 2.75) is 19.9 Å². The topological polar surface area (TPSA) is 38.5 Å². The summed E-state index contributed by atoms with van der Waals surface area (Å²) in [5.41, 5.74) is 8.65. The van der Waals surface area contributed by atoms with E-state index in [0.717, 1.165) is 26.3 Å². The van der Waals surface area contributed by atoms with Crippen molar-refractivity contribution in [2.75, 3.05) is 33.4 Å². The van der Waals surface area contributed by atoms with Gasteiger partial charge in [0.15, 0.2) is 0 Å². The maximum Gasteiger partial charge on any atom is 0.0593 e. The number of aryl methyl sites for hydroxylation is 1. The Kier molecular flexibility index (Phi) is 6.19. The smallest absolute Gasteiger partial charge is 0.0593 e. The van der Waals surface area contributed by atoms with Crippen molar-refractivity contribution in [3.05, 3.63) is 35.4 Å². The highest BCUT2D eigenvalue weighted by Gasteiger charge is 2.09. The zero-order valence-electron chi connectivity index (χ0n) is 11.1. The van der Waals surface area contributed by atoms with E-state index in [0.29, 0.717) is 0 Å². The number of nitrogens with two attached hydrogens (primary N) is 1. The second-order valence-corrected chi connectivity index (χ2v) is 4.48. The van der Waals surface area contributed by atoms with E-state index in [1.54, 1.807) is 0 Å². The molecule has 0 spiro atoms. The predicted molar refractivity (Wildman–Crippen MR) is 72.1 cm³/mol. The Labute approximate surface area is 105 Å². The summed E-state index contributed by atoms with van der Waals surface area (Å²) in [5.74, 6) is 0. The molecular formula is C14H24N2O. The zero-order chi connectivity index (χ0) is 12.7. The van der Waals surface area contributed by atoms with E-state index in [9.17, 15) is 0 Å². The molecule has 1 aromatic rings. The highest BCUT2D eigenvalue weighted by atomic mass is 16.5. The fourth-order valence-electron chi connectivity index (χ4n) is 1.80. The quantitative estimate of drug-likeness (QED) is 0.736. The Morgan fingerprint density at radius 3 is 2.82 bits per heavy atom. The maximum absolute atomic E-state index is 6.19. The number of likely N-dealkylation sites (N-methyl/N-ethyl adjacent to an activating group) is 1. The average Bonchev–Trinajstić information content (AvgIpc) is 2.29.